The Morgan fingerprint density at radius 1 is 1.25 bits per heavy atom. The van der Waals surface area contributed by atoms with E-state index < -0.39 is 0 Å². The Morgan fingerprint density at radius 3 is 2.60 bits per heavy atom. The van der Waals surface area contributed by atoms with Gasteiger partial charge in [0, 0.05) is 38.9 Å². The van der Waals surface area contributed by atoms with E-state index in [1.165, 1.54) is 25.6 Å². The molecule has 1 amide bonds. The predicted molar refractivity (Wildman–Crippen MR) is 79.3 cm³/mol. The molecule has 1 aromatic rings. The molecule has 6 heteroatoms. The van der Waals surface area contributed by atoms with Crippen molar-refractivity contribution < 1.29 is 4.79 Å². The number of aromatic nitrogens is 1. The van der Waals surface area contributed by atoms with Crippen LogP contribution in [0.1, 0.15) is 23.2 Å². The van der Waals surface area contributed by atoms with Crippen molar-refractivity contribution in [2.24, 2.45) is 5.92 Å². The number of pyridine rings is 1. The Balaban J connectivity index is 1.61. The molecule has 0 bridgehead atoms. The first-order valence-corrected chi connectivity index (χ1v) is 7.72. The molecule has 0 N–H and O–H groups in total. The molecule has 1 saturated carbocycles. The fourth-order valence-electron chi connectivity index (χ4n) is 2.55. The molecule has 1 aromatic heterocycles. The van der Waals surface area contributed by atoms with Gasteiger partial charge in [-0.3, -0.25) is 9.69 Å². The molecule has 0 atom stereocenters. The highest BCUT2D eigenvalue weighted by Crippen LogP contribution is 2.30. The SMILES string of the molecule is O=C(c1cc(Cl)ncc1Cl)N1CCN(CC2CC2)CC1. The van der Waals surface area contributed by atoms with Crippen molar-refractivity contribution in [1.29, 1.82) is 0 Å². The van der Waals surface area contributed by atoms with E-state index in [0.29, 0.717) is 15.7 Å². The summed E-state index contributed by atoms with van der Waals surface area (Å²) in [5, 5.41) is 0.657. The summed E-state index contributed by atoms with van der Waals surface area (Å²) in [5.74, 6) is 0.844. The number of carbonyl (C=O) groups is 1. The van der Waals surface area contributed by atoms with Crippen molar-refractivity contribution in [1.82, 2.24) is 14.8 Å². The minimum Gasteiger partial charge on any atom is -0.336 e. The first-order valence-electron chi connectivity index (χ1n) is 6.96. The standard InChI is InChI=1S/C14H17Cl2N3O/c15-12-8-17-13(16)7-11(12)14(20)19-5-3-18(4-6-19)9-10-1-2-10/h7-8,10H,1-6,9H2. The van der Waals surface area contributed by atoms with E-state index in [0.717, 1.165) is 32.1 Å². The minimum absolute atomic E-state index is 0.0506. The molecular formula is C14H17Cl2N3O. The Hall–Kier alpha value is -0.840. The van der Waals surface area contributed by atoms with Crippen molar-refractivity contribution in [2.45, 2.75) is 12.8 Å². The molecule has 20 heavy (non-hydrogen) atoms. The molecule has 3 rings (SSSR count). The summed E-state index contributed by atoms with van der Waals surface area (Å²) in [5.41, 5.74) is 0.447. The minimum atomic E-state index is -0.0506. The second-order valence-electron chi connectivity index (χ2n) is 5.52. The summed E-state index contributed by atoms with van der Waals surface area (Å²) >= 11 is 11.9. The zero-order valence-corrected chi connectivity index (χ0v) is 12.7. The molecule has 1 aliphatic heterocycles. The van der Waals surface area contributed by atoms with Gasteiger partial charge in [0.2, 0.25) is 0 Å². The van der Waals surface area contributed by atoms with E-state index in [4.69, 9.17) is 23.2 Å². The van der Waals surface area contributed by atoms with E-state index in [9.17, 15) is 4.79 Å². The van der Waals surface area contributed by atoms with Crippen LogP contribution in [0.3, 0.4) is 0 Å². The highest BCUT2D eigenvalue weighted by Gasteiger charge is 2.28. The van der Waals surface area contributed by atoms with Crippen LogP contribution in [0.4, 0.5) is 0 Å². The van der Waals surface area contributed by atoms with Crippen LogP contribution in [0.5, 0.6) is 0 Å². The van der Waals surface area contributed by atoms with Gasteiger partial charge in [0.1, 0.15) is 5.15 Å². The molecule has 0 spiro atoms. The maximum Gasteiger partial charge on any atom is 0.255 e. The Morgan fingerprint density at radius 2 is 1.95 bits per heavy atom. The average molecular weight is 314 g/mol. The van der Waals surface area contributed by atoms with Crippen molar-refractivity contribution in [3.8, 4) is 0 Å². The van der Waals surface area contributed by atoms with Gasteiger partial charge < -0.3 is 4.90 Å². The van der Waals surface area contributed by atoms with Gasteiger partial charge in [0.15, 0.2) is 0 Å². The maximum absolute atomic E-state index is 12.5. The van der Waals surface area contributed by atoms with Crippen LogP contribution < -0.4 is 0 Å². The van der Waals surface area contributed by atoms with Gasteiger partial charge in [-0.1, -0.05) is 23.2 Å². The third-order valence-corrected chi connectivity index (χ3v) is 4.43. The van der Waals surface area contributed by atoms with Crippen LogP contribution in [0.2, 0.25) is 10.2 Å². The van der Waals surface area contributed by atoms with Gasteiger partial charge in [-0.2, -0.15) is 0 Å². The molecule has 0 aromatic carbocycles. The molecule has 1 aliphatic carbocycles. The fourth-order valence-corrected chi connectivity index (χ4v) is 2.89. The average Bonchev–Trinajstić information content (AvgIpc) is 3.26. The van der Waals surface area contributed by atoms with Crippen LogP contribution in [0.15, 0.2) is 12.3 Å². The summed E-state index contributed by atoms with van der Waals surface area (Å²) in [4.78, 5) is 20.6. The molecule has 0 unspecified atom stereocenters. The molecule has 1 saturated heterocycles. The summed E-state index contributed by atoms with van der Waals surface area (Å²) in [6.45, 7) is 4.57. The molecular weight excluding hydrogens is 297 g/mol. The van der Waals surface area contributed by atoms with Gasteiger partial charge in [-0.15, -0.1) is 0 Å². The quantitative estimate of drug-likeness (QED) is 0.805. The number of nitrogens with zero attached hydrogens (tertiary/aromatic N) is 3. The summed E-state index contributed by atoms with van der Waals surface area (Å²) in [6.07, 6.45) is 4.16. The first kappa shape index (κ1) is 14.1. The number of carbonyl (C=O) groups excluding carboxylic acids is 1. The van der Waals surface area contributed by atoms with Gasteiger partial charge in [-0.05, 0) is 24.8 Å². The molecule has 2 heterocycles. The third-order valence-electron chi connectivity index (χ3n) is 3.93. The molecule has 0 radical (unpaired) electrons. The topological polar surface area (TPSA) is 36.4 Å². The van der Waals surface area contributed by atoms with Gasteiger partial charge in [0.25, 0.3) is 5.91 Å². The van der Waals surface area contributed by atoms with Crippen LogP contribution in [-0.2, 0) is 0 Å². The smallest absolute Gasteiger partial charge is 0.255 e. The summed E-state index contributed by atoms with van der Waals surface area (Å²) < 4.78 is 0. The molecule has 108 valence electrons. The number of hydrogen-bond acceptors (Lipinski definition) is 3. The van der Waals surface area contributed by atoms with Gasteiger partial charge >= 0.3 is 0 Å². The largest absolute Gasteiger partial charge is 0.336 e. The highest BCUT2D eigenvalue weighted by molar-refractivity contribution is 6.35. The Labute approximate surface area is 128 Å². The van der Waals surface area contributed by atoms with Crippen molar-refractivity contribution in [2.75, 3.05) is 32.7 Å². The second-order valence-corrected chi connectivity index (χ2v) is 6.32. The molecule has 2 fully saturated rings. The number of halogens is 2. The number of rotatable bonds is 3. The normalized spacial score (nSPS) is 20.2. The second kappa shape index (κ2) is 5.88. The van der Waals surface area contributed by atoms with E-state index in [-0.39, 0.29) is 5.91 Å². The van der Waals surface area contributed by atoms with Gasteiger partial charge in [-0.25, -0.2) is 4.98 Å². The molecule has 2 aliphatic rings. The Kier molecular flexibility index (Phi) is 4.15. The predicted octanol–water partition coefficient (Wildman–Crippen LogP) is 2.56. The number of piperazine rings is 1. The number of hydrogen-bond donors (Lipinski definition) is 0. The van der Waals surface area contributed by atoms with Crippen molar-refractivity contribution in [3.63, 3.8) is 0 Å². The first-order chi connectivity index (χ1) is 9.63. The fraction of sp³-hybridized carbons (Fsp3) is 0.571. The lowest BCUT2D eigenvalue weighted by atomic mass is 10.2. The van der Waals surface area contributed by atoms with E-state index in [1.807, 2.05) is 4.90 Å². The van der Waals surface area contributed by atoms with Crippen molar-refractivity contribution >= 4 is 29.1 Å². The highest BCUT2D eigenvalue weighted by atomic mass is 35.5. The van der Waals surface area contributed by atoms with Crippen molar-refractivity contribution in [3.05, 3.63) is 28.0 Å². The van der Waals surface area contributed by atoms with Crippen LogP contribution >= 0.6 is 23.2 Å². The van der Waals surface area contributed by atoms with Crippen LogP contribution in [0, 0.1) is 5.92 Å². The lowest BCUT2D eigenvalue weighted by molar-refractivity contribution is 0.0632. The van der Waals surface area contributed by atoms with E-state index in [1.54, 1.807) is 6.07 Å². The van der Waals surface area contributed by atoms with E-state index in [2.05, 4.69) is 9.88 Å². The maximum atomic E-state index is 12.5. The molecule has 4 nitrogen and oxygen atoms in total. The zero-order valence-electron chi connectivity index (χ0n) is 11.2. The summed E-state index contributed by atoms with van der Waals surface area (Å²) in [6, 6.07) is 1.54. The lowest BCUT2D eigenvalue weighted by Gasteiger charge is -2.35. The Bertz CT molecular complexity index is 511. The van der Waals surface area contributed by atoms with Crippen LogP contribution in [0.25, 0.3) is 0 Å². The van der Waals surface area contributed by atoms with Crippen LogP contribution in [-0.4, -0.2) is 53.4 Å². The monoisotopic (exact) mass is 313 g/mol. The zero-order chi connectivity index (χ0) is 14.1. The number of amides is 1. The summed E-state index contributed by atoms with van der Waals surface area (Å²) in [7, 11) is 0. The lowest BCUT2D eigenvalue weighted by Crippen LogP contribution is -2.49. The van der Waals surface area contributed by atoms with E-state index >= 15 is 0 Å². The third kappa shape index (κ3) is 3.25. The van der Waals surface area contributed by atoms with Gasteiger partial charge in [0.05, 0.1) is 10.6 Å².